The Morgan fingerprint density at radius 3 is 2.57 bits per heavy atom. The molecule has 7 heteroatoms. The van der Waals surface area contributed by atoms with Crippen LogP contribution < -0.4 is 4.72 Å². The minimum atomic E-state index is -3.82. The van der Waals surface area contributed by atoms with Gasteiger partial charge in [0.05, 0.1) is 22.3 Å². The quantitative estimate of drug-likeness (QED) is 0.865. The van der Waals surface area contributed by atoms with Crippen LogP contribution in [0.3, 0.4) is 0 Å². The molecular weight excluding hydrogens is 376 g/mol. The smallest absolute Gasteiger partial charge is 0.263 e. The summed E-state index contributed by atoms with van der Waals surface area (Å²) in [5, 5.41) is 9.01. The molecule has 0 aliphatic heterocycles. The summed E-state index contributed by atoms with van der Waals surface area (Å²) in [7, 11) is -3.82. The molecule has 2 aromatic carbocycles. The first-order valence-electron chi connectivity index (χ1n) is 5.82. The topological polar surface area (TPSA) is 70.0 Å². The lowest BCUT2D eigenvalue weighted by molar-refractivity contribution is 0.601. The third-order valence-electron chi connectivity index (χ3n) is 2.79. The fraction of sp³-hybridized carbons (Fsp3) is 0.0714. The van der Waals surface area contributed by atoms with Crippen molar-refractivity contribution >= 4 is 43.2 Å². The van der Waals surface area contributed by atoms with E-state index >= 15 is 0 Å². The Kier molecular flexibility index (Phi) is 4.57. The molecule has 0 aromatic heterocycles. The number of aryl methyl sites for hydroxylation is 1. The first-order valence-corrected chi connectivity index (χ1v) is 8.47. The molecule has 4 nitrogen and oxygen atoms in total. The van der Waals surface area contributed by atoms with Crippen LogP contribution in [0, 0.1) is 18.3 Å². The van der Waals surface area contributed by atoms with Gasteiger partial charge in [-0.1, -0.05) is 33.6 Å². The van der Waals surface area contributed by atoms with Crippen molar-refractivity contribution in [3.63, 3.8) is 0 Å². The van der Waals surface area contributed by atoms with E-state index in [9.17, 15) is 8.42 Å². The van der Waals surface area contributed by atoms with Gasteiger partial charge in [0.25, 0.3) is 10.0 Å². The lowest BCUT2D eigenvalue weighted by Gasteiger charge is -2.12. The average molecular weight is 386 g/mol. The van der Waals surface area contributed by atoms with Gasteiger partial charge in [-0.2, -0.15) is 5.26 Å². The summed E-state index contributed by atoms with van der Waals surface area (Å²) in [5.41, 5.74) is 1.44. The minimum Gasteiger partial charge on any atom is -0.279 e. The van der Waals surface area contributed by atoms with Crippen LogP contribution >= 0.6 is 27.5 Å². The SMILES string of the molecule is Cc1ccc(C#N)cc1NS(=O)(=O)c1ccc(Br)cc1Cl. The Labute approximate surface area is 136 Å². The summed E-state index contributed by atoms with van der Waals surface area (Å²) in [6.45, 7) is 1.75. The zero-order valence-corrected chi connectivity index (χ0v) is 14.1. The van der Waals surface area contributed by atoms with Crippen molar-refractivity contribution in [2.45, 2.75) is 11.8 Å². The van der Waals surface area contributed by atoms with Gasteiger partial charge >= 0.3 is 0 Å². The Balaban J connectivity index is 2.45. The number of nitriles is 1. The summed E-state index contributed by atoms with van der Waals surface area (Å²) >= 11 is 9.20. The maximum absolute atomic E-state index is 12.4. The lowest BCUT2D eigenvalue weighted by atomic mass is 10.1. The van der Waals surface area contributed by atoms with Gasteiger partial charge in [0, 0.05) is 4.47 Å². The van der Waals surface area contributed by atoms with Crippen LogP contribution in [-0.2, 0) is 10.0 Å². The van der Waals surface area contributed by atoms with E-state index in [4.69, 9.17) is 16.9 Å². The highest BCUT2D eigenvalue weighted by molar-refractivity contribution is 9.10. The van der Waals surface area contributed by atoms with Gasteiger partial charge in [-0.05, 0) is 42.8 Å². The van der Waals surface area contributed by atoms with Gasteiger partial charge in [-0.25, -0.2) is 8.42 Å². The molecular formula is C14H10BrClN2O2S. The number of benzene rings is 2. The molecule has 108 valence electrons. The number of nitrogens with one attached hydrogen (secondary N) is 1. The predicted molar refractivity (Wildman–Crippen MR) is 85.9 cm³/mol. The van der Waals surface area contributed by atoms with Gasteiger partial charge in [-0.15, -0.1) is 0 Å². The molecule has 2 aromatic rings. The third kappa shape index (κ3) is 3.56. The summed E-state index contributed by atoms with van der Waals surface area (Å²) in [6.07, 6.45) is 0. The molecule has 1 N–H and O–H groups in total. The van der Waals surface area contributed by atoms with E-state index in [0.29, 0.717) is 21.3 Å². The zero-order valence-electron chi connectivity index (χ0n) is 10.9. The standard InChI is InChI=1S/C14H10BrClN2O2S/c1-9-2-3-10(8-17)6-13(9)18-21(19,20)14-5-4-11(15)7-12(14)16/h2-7,18H,1H3. The highest BCUT2D eigenvalue weighted by Gasteiger charge is 2.19. The second-order valence-corrected chi connectivity index (χ2v) is 7.30. The molecule has 0 saturated heterocycles. The fourth-order valence-corrected chi connectivity index (χ4v) is 3.85. The second kappa shape index (κ2) is 6.06. The molecule has 21 heavy (non-hydrogen) atoms. The Morgan fingerprint density at radius 2 is 1.95 bits per heavy atom. The third-order valence-corrected chi connectivity index (χ3v) is 5.14. The molecule has 0 fully saturated rings. The highest BCUT2D eigenvalue weighted by Crippen LogP contribution is 2.28. The van der Waals surface area contributed by atoms with Crippen molar-refractivity contribution in [1.82, 2.24) is 0 Å². The van der Waals surface area contributed by atoms with E-state index < -0.39 is 10.0 Å². The maximum Gasteiger partial charge on any atom is 0.263 e. The molecule has 0 unspecified atom stereocenters. The van der Waals surface area contributed by atoms with Gasteiger partial charge in [0.15, 0.2) is 0 Å². The van der Waals surface area contributed by atoms with Gasteiger partial charge in [-0.3, -0.25) is 4.72 Å². The van der Waals surface area contributed by atoms with Gasteiger partial charge < -0.3 is 0 Å². The second-order valence-electron chi connectivity index (χ2n) is 4.32. The number of halogens is 2. The lowest BCUT2D eigenvalue weighted by Crippen LogP contribution is -2.14. The number of hydrogen-bond donors (Lipinski definition) is 1. The van der Waals surface area contributed by atoms with Crippen LogP contribution in [0.1, 0.15) is 11.1 Å². The van der Waals surface area contributed by atoms with E-state index in [1.165, 1.54) is 18.2 Å². The normalized spacial score (nSPS) is 11.0. The van der Waals surface area contributed by atoms with Crippen molar-refractivity contribution in [3.05, 3.63) is 57.0 Å². The van der Waals surface area contributed by atoms with Crippen LogP contribution in [0.15, 0.2) is 45.8 Å². The predicted octanol–water partition coefficient (Wildman–Crippen LogP) is 4.08. The number of nitrogens with zero attached hydrogens (tertiary/aromatic N) is 1. The van der Waals surface area contributed by atoms with Crippen molar-refractivity contribution in [1.29, 1.82) is 5.26 Å². The molecule has 0 bridgehead atoms. The summed E-state index contributed by atoms with van der Waals surface area (Å²) in [6, 6.07) is 11.3. The van der Waals surface area contributed by atoms with Crippen LogP contribution in [0.4, 0.5) is 5.69 Å². The molecule has 2 rings (SSSR count). The van der Waals surface area contributed by atoms with Crippen LogP contribution in [0.25, 0.3) is 0 Å². The number of rotatable bonds is 3. The Morgan fingerprint density at radius 1 is 1.24 bits per heavy atom. The van der Waals surface area contributed by atoms with Crippen LogP contribution in [0.5, 0.6) is 0 Å². The Hall–Kier alpha value is -1.55. The van der Waals surface area contributed by atoms with E-state index in [2.05, 4.69) is 20.7 Å². The van der Waals surface area contributed by atoms with Crippen molar-refractivity contribution < 1.29 is 8.42 Å². The van der Waals surface area contributed by atoms with Crippen LogP contribution in [-0.4, -0.2) is 8.42 Å². The number of hydrogen-bond acceptors (Lipinski definition) is 3. The van der Waals surface area contributed by atoms with Gasteiger partial charge in [0.1, 0.15) is 4.90 Å². The Bertz CT molecular complexity index is 845. The van der Waals surface area contributed by atoms with Crippen molar-refractivity contribution in [3.8, 4) is 6.07 Å². The monoisotopic (exact) mass is 384 g/mol. The van der Waals surface area contributed by atoms with Gasteiger partial charge in [0.2, 0.25) is 0 Å². The summed E-state index contributed by atoms with van der Waals surface area (Å²) in [4.78, 5) is -0.0193. The maximum atomic E-state index is 12.4. The molecule has 0 aliphatic carbocycles. The average Bonchev–Trinajstić information content (AvgIpc) is 2.40. The number of anilines is 1. The van der Waals surface area contributed by atoms with E-state index in [1.807, 2.05) is 6.07 Å². The zero-order chi connectivity index (χ0) is 15.6. The molecule has 0 atom stereocenters. The fourth-order valence-electron chi connectivity index (χ4n) is 1.69. The van der Waals surface area contributed by atoms with Crippen molar-refractivity contribution in [2.75, 3.05) is 4.72 Å². The molecule has 0 saturated carbocycles. The first kappa shape index (κ1) is 15.8. The number of sulfonamides is 1. The molecule has 0 radical (unpaired) electrons. The largest absolute Gasteiger partial charge is 0.279 e. The van der Waals surface area contributed by atoms with Crippen molar-refractivity contribution in [2.24, 2.45) is 0 Å². The summed E-state index contributed by atoms with van der Waals surface area (Å²) in [5.74, 6) is 0. The van der Waals surface area contributed by atoms with E-state index in [1.54, 1.807) is 25.1 Å². The molecule has 0 aliphatic rings. The summed E-state index contributed by atoms with van der Waals surface area (Å²) < 4.78 is 27.9. The highest BCUT2D eigenvalue weighted by atomic mass is 79.9. The van der Waals surface area contributed by atoms with E-state index in [0.717, 1.165) is 0 Å². The molecule has 0 heterocycles. The minimum absolute atomic E-state index is 0.0193. The molecule has 0 amide bonds. The van der Waals surface area contributed by atoms with Crippen LogP contribution in [0.2, 0.25) is 5.02 Å². The van der Waals surface area contributed by atoms with E-state index in [-0.39, 0.29) is 9.92 Å². The molecule has 0 spiro atoms. The first-order chi connectivity index (χ1) is 9.83.